The van der Waals surface area contributed by atoms with Gasteiger partial charge in [-0.25, -0.2) is 4.79 Å². The van der Waals surface area contributed by atoms with Crippen LogP contribution >= 0.6 is 0 Å². The molecule has 4 rings (SSSR count). The number of cyclic esters (lactones) is 1. The Kier molecular flexibility index (Phi) is 21.0. The first-order chi connectivity index (χ1) is 30.7. The van der Waals surface area contributed by atoms with E-state index in [0.29, 0.717) is 63.4 Å². The highest BCUT2D eigenvalue weighted by molar-refractivity contribution is 6.39. The van der Waals surface area contributed by atoms with Gasteiger partial charge in [0.25, 0.3) is 11.7 Å². The van der Waals surface area contributed by atoms with Gasteiger partial charge >= 0.3 is 5.97 Å². The number of Topliss-reactive ketones (excluding diaryl/α,β-unsaturated/α-hetero) is 3. The third-order valence-corrected chi connectivity index (χ3v) is 14.5. The van der Waals surface area contributed by atoms with E-state index in [1.54, 1.807) is 41.1 Å². The third-order valence-electron chi connectivity index (χ3n) is 14.5. The van der Waals surface area contributed by atoms with Crippen LogP contribution in [0.5, 0.6) is 0 Å². The van der Waals surface area contributed by atoms with Crippen molar-refractivity contribution in [1.82, 2.24) is 4.90 Å². The molecule has 14 nitrogen and oxygen atoms in total. The molecule has 2 unspecified atom stereocenters. The minimum atomic E-state index is -2.43. The normalized spacial score (nSPS) is 40.4. The second-order valence-corrected chi connectivity index (χ2v) is 19.6. The van der Waals surface area contributed by atoms with Crippen LogP contribution in [0.4, 0.5) is 0 Å². The highest BCUT2D eigenvalue weighted by Crippen LogP contribution is 2.38. The maximum Gasteiger partial charge on any atom is 0.329 e. The predicted octanol–water partition coefficient (Wildman–Crippen LogP) is 6.18. The molecule has 1 aliphatic carbocycles. The number of fused-ring (bicyclic) bond motifs is 3. The lowest BCUT2D eigenvalue weighted by atomic mass is 9.78. The molecule has 2 bridgehead atoms. The lowest BCUT2D eigenvalue weighted by Gasteiger charge is -2.42. The number of nitrogens with zero attached hydrogens (tertiary/aromatic N) is 1. The third kappa shape index (κ3) is 14.3. The van der Waals surface area contributed by atoms with E-state index < -0.39 is 83.9 Å². The van der Waals surface area contributed by atoms with Crippen molar-refractivity contribution in [2.45, 2.75) is 180 Å². The van der Waals surface area contributed by atoms with E-state index in [0.717, 1.165) is 12.0 Å². The fraction of sp³-hybridized carbons (Fsp3) is 0.745. The minimum absolute atomic E-state index is 0.0193. The Hall–Kier alpha value is -3.37. The molecule has 65 heavy (non-hydrogen) atoms. The Morgan fingerprint density at radius 3 is 2.25 bits per heavy atom. The molecule has 1 amide bonds. The molecule has 15 atom stereocenters. The number of aliphatic hydroxyl groups is 3. The number of esters is 1. The average Bonchev–Trinajstić information content (AvgIpc) is 3.28. The summed E-state index contributed by atoms with van der Waals surface area (Å²) in [5.41, 5.74) is 1.27. The van der Waals surface area contributed by atoms with Gasteiger partial charge in [-0.1, -0.05) is 71.1 Å². The van der Waals surface area contributed by atoms with E-state index in [9.17, 15) is 39.3 Å². The monoisotopic (exact) mass is 914 g/mol. The van der Waals surface area contributed by atoms with Crippen LogP contribution in [-0.2, 0) is 47.7 Å². The number of hydrogen-bond donors (Lipinski definition) is 3. The van der Waals surface area contributed by atoms with Gasteiger partial charge in [0.2, 0.25) is 5.79 Å². The van der Waals surface area contributed by atoms with Crippen molar-refractivity contribution in [1.29, 1.82) is 0 Å². The zero-order valence-corrected chi connectivity index (χ0v) is 40.6. The molecule has 1 saturated carbocycles. The van der Waals surface area contributed by atoms with Gasteiger partial charge in [-0.2, -0.15) is 0 Å². The van der Waals surface area contributed by atoms with Crippen molar-refractivity contribution >= 4 is 29.2 Å². The number of allylic oxidation sites excluding steroid dienone is 6. The SMILES string of the molecule is COC1C[C@H](C[C@@H](C)[C@@H]2CC(=O)[C@H](C)/C=C(\C)[C@@H](O)[C@@H](OC)C(=O)[C@H](C)C[C@H](C)/C=C/C=C/C=C(\C)[C@@H](OC)CC3CC[C@@H](C)[C@@](O)(O3)C(=O)C(=O)N3CCCC[C@H]3C(=O)O2)CC[C@H]1O. The van der Waals surface area contributed by atoms with Gasteiger partial charge in [0.15, 0.2) is 5.78 Å². The molecule has 3 heterocycles. The fourth-order valence-corrected chi connectivity index (χ4v) is 10.1. The molecule has 0 radical (unpaired) electrons. The highest BCUT2D eigenvalue weighted by atomic mass is 16.6. The molecular weight excluding hydrogens is 835 g/mol. The van der Waals surface area contributed by atoms with Gasteiger partial charge in [-0.15, -0.1) is 0 Å². The topological polar surface area (TPSA) is 195 Å². The van der Waals surface area contributed by atoms with Crippen LogP contribution in [0.15, 0.2) is 47.6 Å². The van der Waals surface area contributed by atoms with Crippen LogP contribution in [0.2, 0.25) is 0 Å². The highest BCUT2D eigenvalue weighted by Gasteiger charge is 2.53. The van der Waals surface area contributed by atoms with E-state index in [2.05, 4.69) is 0 Å². The van der Waals surface area contributed by atoms with Crippen molar-refractivity contribution in [3.05, 3.63) is 47.6 Å². The van der Waals surface area contributed by atoms with Crippen LogP contribution in [0, 0.1) is 35.5 Å². The molecule has 366 valence electrons. The molecular formula is C51H79NO13. The van der Waals surface area contributed by atoms with Crippen molar-refractivity contribution < 1.29 is 63.0 Å². The molecule has 0 spiro atoms. The van der Waals surface area contributed by atoms with Gasteiger partial charge < -0.3 is 43.9 Å². The van der Waals surface area contributed by atoms with E-state index in [-0.39, 0.29) is 54.8 Å². The molecule has 4 aliphatic rings. The van der Waals surface area contributed by atoms with Crippen LogP contribution < -0.4 is 0 Å². The van der Waals surface area contributed by atoms with E-state index in [4.69, 9.17) is 23.7 Å². The Bertz CT molecular complexity index is 1760. The number of aliphatic hydroxyl groups excluding tert-OH is 2. The van der Waals surface area contributed by atoms with Crippen LogP contribution in [-0.4, -0.2) is 132 Å². The maximum absolute atomic E-state index is 14.4. The van der Waals surface area contributed by atoms with E-state index in [1.807, 2.05) is 58.1 Å². The van der Waals surface area contributed by atoms with Crippen molar-refractivity contribution in [3.8, 4) is 0 Å². The zero-order valence-electron chi connectivity index (χ0n) is 40.6. The number of piperidine rings is 1. The van der Waals surface area contributed by atoms with Crippen molar-refractivity contribution in [2.24, 2.45) is 35.5 Å². The largest absolute Gasteiger partial charge is 0.460 e. The summed E-state index contributed by atoms with van der Waals surface area (Å²) < 4.78 is 29.4. The summed E-state index contributed by atoms with van der Waals surface area (Å²) in [5.74, 6) is -7.96. The summed E-state index contributed by atoms with van der Waals surface area (Å²) in [6.45, 7) is 12.7. The van der Waals surface area contributed by atoms with Crippen molar-refractivity contribution in [3.63, 3.8) is 0 Å². The lowest BCUT2D eigenvalue weighted by molar-refractivity contribution is -0.265. The summed E-state index contributed by atoms with van der Waals surface area (Å²) in [6.07, 6.45) is 11.2. The Labute approximate surface area is 387 Å². The number of rotatable bonds is 6. The molecule has 0 aromatic rings. The second-order valence-electron chi connectivity index (χ2n) is 19.6. The quantitative estimate of drug-likeness (QED) is 0.156. The molecule has 3 fully saturated rings. The molecule has 3 aliphatic heterocycles. The number of hydrogen-bond acceptors (Lipinski definition) is 13. The first kappa shape index (κ1) is 54.2. The Morgan fingerprint density at radius 1 is 0.846 bits per heavy atom. The van der Waals surface area contributed by atoms with Gasteiger partial charge in [0.1, 0.15) is 30.1 Å². The first-order valence-corrected chi connectivity index (χ1v) is 23.9. The van der Waals surface area contributed by atoms with E-state index in [1.165, 1.54) is 12.0 Å². The average molecular weight is 914 g/mol. The van der Waals surface area contributed by atoms with Crippen LogP contribution in [0.25, 0.3) is 0 Å². The second kappa shape index (κ2) is 25.1. The zero-order chi connectivity index (χ0) is 48.2. The van der Waals surface area contributed by atoms with Gasteiger partial charge in [-0.3, -0.25) is 19.2 Å². The number of methoxy groups -OCH3 is 3. The number of amides is 1. The Morgan fingerprint density at radius 2 is 1.57 bits per heavy atom. The fourth-order valence-electron chi connectivity index (χ4n) is 10.1. The number of carbonyl (C=O) groups is 5. The molecule has 0 aromatic carbocycles. The van der Waals surface area contributed by atoms with Crippen LogP contribution in [0.3, 0.4) is 0 Å². The summed E-state index contributed by atoms with van der Waals surface area (Å²) in [6, 6.07) is -1.14. The summed E-state index contributed by atoms with van der Waals surface area (Å²) in [5, 5.41) is 33.8. The Balaban J connectivity index is 1.70. The summed E-state index contributed by atoms with van der Waals surface area (Å²) in [7, 11) is 4.52. The van der Waals surface area contributed by atoms with Crippen molar-refractivity contribution in [2.75, 3.05) is 27.9 Å². The number of carbonyl (C=O) groups excluding carboxylic acids is 5. The van der Waals surface area contributed by atoms with Gasteiger partial charge in [-0.05, 0) is 107 Å². The van der Waals surface area contributed by atoms with Crippen LogP contribution in [0.1, 0.15) is 126 Å². The van der Waals surface area contributed by atoms with Gasteiger partial charge in [0, 0.05) is 58.5 Å². The smallest absolute Gasteiger partial charge is 0.329 e. The first-order valence-electron chi connectivity index (χ1n) is 23.9. The number of ketones is 3. The molecule has 2 saturated heterocycles. The number of ether oxygens (including phenoxy) is 5. The molecule has 14 heteroatoms. The van der Waals surface area contributed by atoms with Gasteiger partial charge in [0.05, 0.1) is 24.4 Å². The summed E-state index contributed by atoms with van der Waals surface area (Å²) >= 11 is 0. The lowest BCUT2D eigenvalue weighted by Crippen LogP contribution is -2.61. The molecule has 3 N–H and O–H groups in total. The van der Waals surface area contributed by atoms with E-state index >= 15 is 0 Å². The standard InChI is InChI=1S/C51H79NO13/c1-30-16-12-11-13-17-31(2)42(61-8)28-38-21-19-36(7)51(60,65-38)48(57)49(58)52-23-15-14-18-39(52)50(59)64-43(33(4)26-37-20-22-40(53)44(27-37)62-9)29-41(54)32(3)25-35(6)46(56)47(63-10)45(55)34(5)24-30/h11-13,16-17,25,30,32-34,36-40,42-44,46-47,53,56,60H,14-15,18-24,26-29H2,1-10H3/b13-11+,16-12+,31-17+,35-25+/t30-,32-,33-,34-,36-,37+,38?,39+,40-,42+,43+,44?,46-,47+,51-/m1/s1. The minimum Gasteiger partial charge on any atom is -0.460 e. The maximum atomic E-state index is 14.4. The predicted molar refractivity (Wildman–Crippen MR) is 245 cm³/mol. The summed E-state index contributed by atoms with van der Waals surface area (Å²) in [4.78, 5) is 71.8. The molecule has 0 aromatic heterocycles.